The molecule has 134 valence electrons. The molecule has 1 saturated heterocycles. The molecule has 1 aliphatic rings. The fourth-order valence-corrected chi connectivity index (χ4v) is 2.49. The number of piperazine rings is 1. The van der Waals surface area contributed by atoms with Crippen LogP contribution >= 0.6 is 0 Å². The third kappa shape index (κ3) is 4.40. The Morgan fingerprint density at radius 3 is 2.32 bits per heavy atom. The summed E-state index contributed by atoms with van der Waals surface area (Å²) in [6.07, 6.45) is -2.01. The molecule has 2 aromatic rings. The molecule has 0 aliphatic carbocycles. The van der Waals surface area contributed by atoms with Gasteiger partial charge in [0.1, 0.15) is 11.6 Å². The molecule has 3 heterocycles. The van der Waals surface area contributed by atoms with Crippen LogP contribution in [0, 0.1) is 0 Å². The minimum absolute atomic E-state index is 0.334. The minimum Gasteiger partial charge on any atom is -0.481 e. The zero-order valence-corrected chi connectivity index (χ0v) is 13.4. The number of halogens is 3. The predicted octanol–water partition coefficient (Wildman–Crippen LogP) is 2.11. The molecule has 10 heteroatoms. The Kier molecular flexibility index (Phi) is 4.77. The van der Waals surface area contributed by atoms with Gasteiger partial charge in [0, 0.05) is 38.4 Å². The second-order valence-electron chi connectivity index (χ2n) is 5.27. The quantitative estimate of drug-likeness (QED) is 0.832. The third-order valence-corrected chi connectivity index (χ3v) is 3.67. The average molecular weight is 355 g/mol. The van der Waals surface area contributed by atoms with E-state index in [-0.39, 0.29) is 5.75 Å². The summed E-state index contributed by atoms with van der Waals surface area (Å²) in [6.45, 7) is 2.62. The molecule has 0 N–H and O–H groups in total. The number of hydrogen-bond donors (Lipinski definition) is 0. The van der Waals surface area contributed by atoms with Gasteiger partial charge in [0.15, 0.2) is 0 Å². The van der Waals surface area contributed by atoms with E-state index >= 15 is 0 Å². The standard InChI is InChI=1S/C15H16F3N5O2/c1-24-13-4-5-19-14(21-13)23-8-6-22(7-9-23)12-3-2-11(10-20-12)25-15(16,17)18/h2-5,10H,6-9H2,1H3. The monoisotopic (exact) mass is 355 g/mol. The lowest BCUT2D eigenvalue weighted by Gasteiger charge is -2.35. The van der Waals surface area contributed by atoms with Crippen molar-refractivity contribution in [2.24, 2.45) is 0 Å². The highest BCUT2D eigenvalue weighted by atomic mass is 19.4. The number of hydrogen-bond acceptors (Lipinski definition) is 7. The van der Waals surface area contributed by atoms with Crippen LogP contribution in [0.15, 0.2) is 30.6 Å². The molecule has 0 bridgehead atoms. The van der Waals surface area contributed by atoms with E-state index in [9.17, 15) is 13.2 Å². The van der Waals surface area contributed by atoms with Gasteiger partial charge in [0.2, 0.25) is 11.8 Å². The van der Waals surface area contributed by atoms with Gasteiger partial charge in [-0.25, -0.2) is 9.97 Å². The van der Waals surface area contributed by atoms with Crippen molar-refractivity contribution in [3.8, 4) is 11.6 Å². The lowest BCUT2D eigenvalue weighted by molar-refractivity contribution is -0.274. The van der Waals surface area contributed by atoms with E-state index in [2.05, 4.69) is 19.7 Å². The molecule has 0 spiro atoms. The van der Waals surface area contributed by atoms with E-state index in [1.165, 1.54) is 12.1 Å². The maximum Gasteiger partial charge on any atom is 0.573 e. The Morgan fingerprint density at radius 2 is 1.72 bits per heavy atom. The topological polar surface area (TPSA) is 63.6 Å². The Morgan fingerprint density at radius 1 is 1.00 bits per heavy atom. The Bertz CT molecular complexity index is 703. The normalized spacial score (nSPS) is 15.2. The Hall–Kier alpha value is -2.78. The fourth-order valence-electron chi connectivity index (χ4n) is 2.49. The molecule has 0 amide bonds. The first-order valence-corrected chi connectivity index (χ1v) is 7.53. The number of ether oxygens (including phenoxy) is 2. The van der Waals surface area contributed by atoms with Gasteiger partial charge in [-0.3, -0.25) is 0 Å². The number of anilines is 2. The maximum absolute atomic E-state index is 12.2. The lowest BCUT2D eigenvalue weighted by atomic mass is 10.3. The highest BCUT2D eigenvalue weighted by Gasteiger charge is 2.31. The molecule has 0 aromatic carbocycles. The maximum atomic E-state index is 12.2. The molecule has 7 nitrogen and oxygen atoms in total. The molecule has 1 fully saturated rings. The summed E-state index contributed by atoms with van der Waals surface area (Å²) >= 11 is 0. The Balaban J connectivity index is 1.60. The van der Waals surface area contributed by atoms with Crippen molar-refractivity contribution in [2.75, 3.05) is 43.1 Å². The summed E-state index contributed by atoms with van der Waals surface area (Å²) in [5, 5.41) is 0. The van der Waals surface area contributed by atoms with Crippen LogP contribution in [-0.2, 0) is 0 Å². The SMILES string of the molecule is COc1ccnc(N2CCN(c3ccc(OC(F)(F)F)cn3)CC2)n1. The van der Waals surface area contributed by atoms with Crippen molar-refractivity contribution in [1.29, 1.82) is 0 Å². The van der Waals surface area contributed by atoms with Crippen LogP contribution in [0.3, 0.4) is 0 Å². The Labute approximate surface area is 142 Å². The molecule has 25 heavy (non-hydrogen) atoms. The summed E-state index contributed by atoms with van der Waals surface area (Å²) < 4.78 is 45.4. The first-order valence-electron chi connectivity index (χ1n) is 7.53. The second-order valence-corrected chi connectivity index (χ2v) is 5.27. The average Bonchev–Trinajstić information content (AvgIpc) is 2.61. The summed E-state index contributed by atoms with van der Waals surface area (Å²) in [5.74, 6) is 1.34. The van der Waals surface area contributed by atoms with Crippen molar-refractivity contribution in [3.05, 3.63) is 30.6 Å². The smallest absolute Gasteiger partial charge is 0.481 e. The lowest BCUT2D eigenvalue weighted by Crippen LogP contribution is -2.47. The van der Waals surface area contributed by atoms with Gasteiger partial charge in [0.05, 0.1) is 13.3 Å². The first kappa shape index (κ1) is 17.1. The molecule has 1 aliphatic heterocycles. The van der Waals surface area contributed by atoms with E-state index in [1.54, 1.807) is 19.4 Å². The van der Waals surface area contributed by atoms with Crippen LogP contribution < -0.4 is 19.3 Å². The molecule has 0 saturated carbocycles. The van der Waals surface area contributed by atoms with Gasteiger partial charge in [-0.2, -0.15) is 4.98 Å². The van der Waals surface area contributed by atoms with Crippen molar-refractivity contribution >= 4 is 11.8 Å². The van der Waals surface area contributed by atoms with E-state index < -0.39 is 6.36 Å². The van der Waals surface area contributed by atoms with Gasteiger partial charge >= 0.3 is 6.36 Å². The molecule has 3 rings (SSSR count). The molecular formula is C15H16F3N5O2. The summed E-state index contributed by atoms with van der Waals surface area (Å²) in [7, 11) is 1.54. The van der Waals surface area contributed by atoms with Gasteiger partial charge < -0.3 is 19.3 Å². The number of methoxy groups -OCH3 is 1. The van der Waals surface area contributed by atoms with Gasteiger partial charge in [-0.05, 0) is 12.1 Å². The third-order valence-electron chi connectivity index (χ3n) is 3.67. The zero-order chi connectivity index (χ0) is 17.9. The zero-order valence-electron chi connectivity index (χ0n) is 13.4. The van der Waals surface area contributed by atoms with Crippen LogP contribution in [0.4, 0.5) is 24.9 Å². The van der Waals surface area contributed by atoms with Crippen molar-refractivity contribution in [1.82, 2.24) is 15.0 Å². The van der Waals surface area contributed by atoms with Crippen LogP contribution in [-0.4, -0.2) is 54.6 Å². The molecule has 0 unspecified atom stereocenters. The number of pyridine rings is 1. The van der Waals surface area contributed by atoms with Crippen molar-refractivity contribution in [2.45, 2.75) is 6.36 Å². The number of rotatable bonds is 4. The van der Waals surface area contributed by atoms with Gasteiger partial charge in [-0.1, -0.05) is 0 Å². The van der Waals surface area contributed by atoms with Crippen LogP contribution in [0.25, 0.3) is 0 Å². The van der Waals surface area contributed by atoms with Crippen LogP contribution in [0.5, 0.6) is 11.6 Å². The summed E-state index contributed by atoms with van der Waals surface area (Å²) in [6, 6.07) is 4.44. The van der Waals surface area contributed by atoms with E-state index in [0.29, 0.717) is 43.8 Å². The molecular weight excluding hydrogens is 339 g/mol. The second kappa shape index (κ2) is 6.99. The molecule has 0 radical (unpaired) electrons. The van der Waals surface area contributed by atoms with E-state index in [1.807, 2.05) is 9.80 Å². The van der Waals surface area contributed by atoms with E-state index in [0.717, 1.165) is 6.20 Å². The number of nitrogens with zero attached hydrogens (tertiary/aromatic N) is 5. The summed E-state index contributed by atoms with van der Waals surface area (Å²) in [5.41, 5.74) is 0. The highest BCUT2D eigenvalue weighted by molar-refractivity contribution is 5.44. The minimum atomic E-state index is -4.72. The van der Waals surface area contributed by atoms with Gasteiger partial charge in [0.25, 0.3) is 0 Å². The predicted molar refractivity (Wildman–Crippen MR) is 83.9 cm³/mol. The number of aromatic nitrogens is 3. The van der Waals surface area contributed by atoms with Crippen molar-refractivity contribution in [3.63, 3.8) is 0 Å². The first-order chi connectivity index (χ1) is 11.9. The largest absolute Gasteiger partial charge is 0.573 e. The highest BCUT2D eigenvalue weighted by Crippen LogP contribution is 2.24. The summed E-state index contributed by atoms with van der Waals surface area (Å²) in [4.78, 5) is 16.6. The van der Waals surface area contributed by atoms with Gasteiger partial charge in [-0.15, -0.1) is 13.2 Å². The van der Waals surface area contributed by atoms with Crippen LogP contribution in [0.2, 0.25) is 0 Å². The van der Waals surface area contributed by atoms with E-state index in [4.69, 9.17) is 4.74 Å². The van der Waals surface area contributed by atoms with Crippen molar-refractivity contribution < 1.29 is 22.6 Å². The molecule has 0 atom stereocenters. The fraction of sp³-hybridized carbons (Fsp3) is 0.400. The molecule has 2 aromatic heterocycles. The number of alkyl halides is 3. The van der Waals surface area contributed by atoms with Crippen LogP contribution in [0.1, 0.15) is 0 Å².